The van der Waals surface area contributed by atoms with Crippen LogP contribution in [0.4, 0.5) is 14.5 Å². The Balaban J connectivity index is 2.90. The number of hydrogen-bond acceptors (Lipinski definition) is 2. The molecule has 72 valence electrons. The van der Waals surface area contributed by atoms with Gasteiger partial charge >= 0.3 is 0 Å². The second-order valence-corrected chi connectivity index (χ2v) is 2.83. The molecule has 0 atom stereocenters. The van der Waals surface area contributed by atoms with Crippen LogP contribution in [0.5, 0.6) is 0 Å². The predicted molar refractivity (Wildman–Crippen MR) is 48.1 cm³/mol. The van der Waals surface area contributed by atoms with Gasteiger partial charge in [-0.15, -0.1) is 0 Å². The maximum atomic E-state index is 13.1. The number of halogens is 2. The summed E-state index contributed by atoms with van der Waals surface area (Å²) in [6, 6.07) is 2.85. The van der Waals surface area contributed by atoms with E-state index in [0.29, 0.717) is 24.9 Å². The Morgan fingerprint density at radius 2 is 1.85 bits per heavy atom. The minimum atomic E-state index is -0.963. The summed E-state index contributed by atoms with van der Waals surface area (Å²) >= 11 is 0. The summed E-state index contributed by atoms with van der Waals surface area (Å²) in [6.07, 6.45) is 1.08. The summed E-state index contributed by atoms with van der Waals surface area (Å²) in [5.74, 6) is -1.82. The normalized spacial score (nSPS) is 10.4. The summed E-state index contributed by atoms with van der Waals surface area (Å²) in [4.78, 5) is 0. The highest BCUT2D eigenvalue weighted by Crippen LogP contribution is 2.18. The number of anilines is 1. The van der Waals surface area contributed by atoms with Crippen LogP contribution >= 0.6 is 0 Å². The first kappa shape index (κ1) is 9.92. The van der Waals surface area contributed by atoms with Gasteiger partial charge in [0.25, 0.3) is 0 Å². The first-order valence-corrected chi connectivity index (χ1v) is 4.09. The minimum Gasteiger partial charge on any atom is -0.396 e. The molecule has 1 rings (SSSR count). The van der Waals surface area contributed by atoms with Crippen LogP contribution in [0.15, 0.2) is 12.1 Å². The van der Waals surface area contributed by atoms with Gasteiger partial charge in [0.2, 0.25) is 0 Å². The molecule has 0 aliphatic rings. The average molecular weight is 186 g/mol. The second kappa shape index (κ2) is 4.18. The molecule has 1 aromatic rings. The van der Waals surface area contributed by atoms with E-state index in [0.717, 1.165) is 0 Å². The van der Waals surface area contributed by atoms with Crippen molar-refractivity contribution in [2.45, 2.75) is 12.8 Å². The van der Waals surface area contributed by atoms with Crippen LogP contribution < -0.4 is 11.5 Å². The Kier molecular flexibility index (Phi) is 3.19. The molecule has 0 aliphatic heterocycles. The lowest BCUT2D eigenvalue weighted by Gasteiger charge is -2.04. The van der Waals surface area contributed by atoms with Crippen molar-refractivity contribution in [1.29, 1.82) is 0 Å². The summed E-state index contributed by atoms with van der Waals surface area (Å²) < 4.78 is 26.0. The Labute approximate surface area is 75.5 Å². The van der Waals surface area contributed by atoms with E-state index in [1.165, 1.54) is 12.1 Å². The molecular formula is C9H12F2N2. The van der Waals surface area contributed by atoms with Crippen LogP contribution in [0.25, 0.3) is 0 Å². The number of nitrogen functional groups attached to an aromatic ring is 1. The third-order valence-corrected chi connectivity index (χ3v) is 1.84. The molecular weight excluding hydrogens is 174 g/mol. The lowest BCUT2D eigenvalue weighted by Crippen LogP contribution is -2.04. The molecule has 4 N–H and O–H groups in total. The van der Waals surface area contributed by atoms with Crippen LogP contribution in [0.1, 0.15) is 12.0 Å². The molecule has 0 bridgehead atoms. The lowest BCUT2D eigenvalue weighted by molar-refractivity contribution is 0.501. The minimum absolute atomic E-state index is 0.158. The zero-order valence-corrected chi connectivity index (χ0v) is 7.19. The molecule has 13 heavy (non-hydrogen) atoms. The molecule has 0 aromatic heterocycles. The summed E-state index contributed by atoms with van der Waals surface area (Å²) in [5.41, 5.74) is 10.6. The predicted octanol–water partition coefficient (Wildman–Crippen LogP) is 1.44. The van der Waals surface area contributed by atoms with E-state index in [9.17, 15) is 8.78 Å². The molecule has 0 heterocycles. The summed E-state index contributed by atoms with van der Waals surface area (Å²) in [7, 11) is 0. The van der Waals surface area contributed by atoms with E-state index in [-0.39, 0.29) is 5.69 Å². The molecule has 0 aliphatic carbocycles. The van der Waals surface area contributed by atoms with Crippen molar-refractivity contribution in [3.63, 3.8) is 0 Å². The molecule has 0 amide bonds. The highest BCUT2D eigenvalue weighted by atomic mass is 19.2. The van der Waals surface area contributed by atoms with Crippen molar-refractivity contribution < 1.29 is 8.78 Å². The molecule has 0 radical (unpaired) electrons. The quantitative estimate of drug-likeness (QED) is 0.702. The van der Waals surface area contributed by atoms with E-state index in [1.807, 2.05) is 0 Å². The Hall–Kier alpha value is -1.16. The smallest absolute Gasteiger partial charge is 0.181 e. The van der Waals surface area contributed by atoms with Gasteiger partial charge in [0.05, 0.1) is 5.69 Å². The molecule has 0 saturated carbocycles. The number of hydrogen-bond donors (Lipinski definition) is 2. The van der Waals surface area contributed by atoms with E-state index in [2.05, 4.69) is 0 Å². The summed E-state index contributed by atoms with van der Waals surface area (Å²) in [5, 5.41) is 0. The van der Waals surface area contributed by atoms with Crippen molar-refractivity contribution in [2.24, 2.45) is 5.73 Å². The van der Waals surface area contributed by atoms with Crippen molar-refractivity contribution in [3.05, 3.63) is 29.3 Å². The topological polar surface area (TPSA) is 52.0 Å². The van der Waals surface area contributed by atoms with Crippen LogP contribution in [0, 0.1) is 11.6 Å². The van der Waals surface area contributed by atoms with Gasteiger partial charge in [0, 0.05) is 0 Å². The maximum absolute atomic E-state index is 13.1. The van der Waals surface area contributed by atoms with Gasteiger partial charge < -0.3 is 11.5 Å². The maximum Gasteiger partial charge on any atom is 0.181 e. The Morgan fingerprint density at radius 1 is 1.15 bits per heavy atom. The van der Waals surface area contributed by atoms with E-state index in [1.54, 1.807) is 0 Å². The fourth-order valence-electron chi connectivity index (χ4n) is 1.09. The van der Waals surface area contributed by atoms with E-state index < -0.39 is 11.6 Å². The van der Waals surface area contributed by atoms with Gasteiger partial charge in [-0.05, 0) is 31.0 Å². The lowest BCUT2D eigenvalue weighted by atomic mass is 10.1. The number of benzene rings is 1. The van der Waals surface area contributed by atoms with Crippen molar-refractivity contribution >= 4 is 5.69 Å². The van der Waals surface area contributed by atoms with E-state index in [4.69, 9.17) is 11.5 Å². The van der Waals surface area contributed by atoms with Gasteiger partial charge in [0.1, 0.15) is 0 Å². The third kappa shape index (κ3) is 2.15. The van der Waals surface area contributed by atoms with Crippen molar-refractivity contribution in [2.75, 3.05) is 12.3 Å². The van der Waals surface area contributed by atoms with Crippen LogP contribution in [0.2, 0.25) is 0 Å². The monoisotopic (exact) mass is 186 g/mol. The molecule has 0 saturated heterocycles. The van der Waals surface area contributed by atoms with Gasteiger partial charge in [0.15, 0.2) is 11.6 Å². The molecule has 0 unspecified atom stereocenters. The average Bonchev–Trinajstić information content (AvgIpc) is 2.13. The van der Waals surface area contributed by atoms with Crippen molar-refractivity contribution in [3.8, 4) is 0 Å². The largest absolute Gasteiger partial charge is 0.396 e. The SMILES string of the molecule is NCCCc1ccc(N)c(F)c1F. The number of nitrogens with two attached hydrogens (primary N) is 2. The van der Waals surface area contributed by atoms with Gasteiger partial charge in [-0.1, -0.05) is 6.07 Å². The number of rotatable bonds is 3. The zero-order chi connectivity index (χ0) is 9.84. The third-order valence-electron chi connectivity index (χ3n) is 1.84. The van der Waals surface area contributed by atoms with Crippen LogP contribution in [0.3, 0.4) is 0 Å². The Bertz CT molecular complexity index is 300. The first-order valence-electron chi connectivity index (χ1n) is 4.09. The van der Waals surface area contributed by atoms with Gasteiger partial charge in [-0.2, -0.15) is 0 Å². The van der Waals surface area contributed by atoms with Crippen LogP contribution in [-0.4, -0.2) is 6.54 Å². The number of aryl methyl sites for hydroxylation is 1. The standard InChI is InChI=1S/C9H12F2N2/c10-8-6(2-1-5-12)3-4-7(13)9(8)11/h3-4H,1-2,5,12-13H2. The van der Waals surface area contributed by atoms with Gasteiger partial charge in [-0.3, -0.25) is 0 Å². The highest BCUT2D eigenvalue weighted by molar-refractivity contribution is 5.42. The van der Waals surface area contributed by atoms with Crippen molar-refractivity contribution in [1.82, 2.24) is 0 Å². The zero-order valence-electron chi connectivity index (χ0n) is 7.19. The molecule has 4 heteroatoms. The second-order valence-electron chi connectivity index (χ2n) is 2.83. The van der Waals surface area contributed by atoms with Gasteiger partial charge in [-0.25, -0.2) is 8.78 Å². The fourth-order valence-corrected chi connectivity index (χ4v) is 1.09. The molecule has 0 spiro atoms. The highest BCUT2D eigenvalue weighted by Gasteiger charge is 2.10. The molecule has 2 nitrogen and oxygen atoms in total. The molecule has 0 fully saturated rings. The Morgan fingerprint density at radius 3 is 2.46 bits per heavy atom. The van der Waals surface area contributed by atoms with Crippen LogP contribution in [-0.2, 0) is 6.42 Å². The fraction of sp³-hybridized carbons (Fsp3) is 0.333. The van der Waals surface area contributed by atoms with E-state index >= 15 is 0 Å². The first-order chi connectivity index (χ1) is 6.16. The summed E-state index contributed by atoms with van der Waals surface area (Å²) in [6.45, 7) is 0.464. The molecule has 1 aromatic carbocycles.